The molecular formula is C9H11N2O8PS-2. The molecule has 3 N–H and O–H groups in total. The SMILES string of the molecule is O=c1ccn([C@@H]2O[C@H](COP([O-])([O-])=S)[C@H](O)C2O)c(=O)[nH]1. The Morgan fingerprint density at radius 3 is 2.67 bits per heavy atom. The minimum absolute atomic E-state index is 0.600. The van der Waals surface area contributed by atoms with Crippen molar-refractivity contribution in [2.75, 3.05) is 6.61 Å². The lowest BCUT2D eigenvalue weighted by Gasteiger charge is -2.35. The summed E-state index contributed by atoms with van der Waals surface area (Å²) in [7, 11) is 0. The van der Waals surface area contributed by atoms with Gasteiger partial charge in [-0.15, -0.1) is 11.8 Å². The summed E-state index contributed by atoms with van der Waals surface area (Å²) in [6, 6.07) is 1.03. The maximum atomic E-state index is 11.6. The normalized spacial score (nSPS) is 29.7. The van der Waals surface area contributed by atoms with Gasteiger partial charge in [-0.3, -0.25) is 14.3 Å². The van der Waals surface area contributed by atoms with Gasteiger partial charge in [-0.1, -0.05) is 6.72 Å². The lowest BCUT2D eigenvalue weighted by Crippen LogP contribution is -2.37. The van der Waals surface area contributed by atoms with Crippen LogP contribution in [0.2, 0.25) is 0 Å². The second-order valence-corrected chi connectivity index (χ2v) is 6.80. The van der Waals surface area contributed by atoms with Gasteiger partial charge in [0.05, 0.1) is 6.61 Å². The van der Waals surface area contributed by atoms with Gasteiger partial charge in [0, 0.05) is 12.3 Å². The van der Waals surface area contributed by atoms with Gasteiger partial charge in [-0.05, 0) is 0 Å². The van der Waals surface area contributed by atoms with Gasteiger partial charge in [-0.25, -0.2) is 4.79 Å². The van der Waals surface area contributed by atoms with Gasteiger partial charge in [-0.2, -0.15) is 0 Å². The van der Waals surface area contributed by atoms with Crippen LogP contribution in [0.1, 0.15) is 6.23 Å². The molecule has 4 atom stereocenters. The van der Waals surface area contributed by atoms with Gasteiger partial charge in [0.25, 0.3) is 5.56 Å². The second-order valence-electron chi connectivity index (χ2n) is 4.31. The van der Waals surface area contributed by atoms with E-state index in [1.165, 1.54) is 0 Å². The van der Waals surface area contributed by atoms with E-state index in [-0.39, 0.29) is 0 Å². The number of H-pyrrole nitrogens is 1. The number of hydrogen-bond acceptors (Lipinski definition) is 9. The molecule has 21 heavy (non-hydrogen) atoms. The number of hydrogen-bond donors (Lipinski definition) is 3. The molecule has 2 rings (SSSR count). The number of aromatic nitrogens is 2. The van der Waals surface area contributed by atoms with Crippen molar-refractivity contribution in [3.05, 3.63) is 33.1 Å². The number of nitrogens with one attached hydrogen (secondary N) is 1. The topological polar surface area (TPSA) is 160 Å². The lowest BCUT2D eigenvalue weighted by molar-refractivity contribution is -0.322. The molecule has 1 fully saturated rings. The first-order chi connectivity index (χ1) is 9.69. The predicted molar refractivity (Wildman–Crippen MR) is 67.5 cm³/mol. The van der Waals surface area contributed by atoms with E-state index in [1.54, 1.807) is 0 Å². The Balaban J connectivity index is 2.18. The average Bonchev–Trinajstić information content (AvgIpc) is 2.64. The summed E-state index contributed by atoms with van der Waals surface area (Å²) in [5.74, 6) is 0. The Labute approximate surface area is 122 Å². The second kappa shape index (κ2) is 6.07. The van der Waals surface area contributed by atoms with Crippen LogP contribution in [-0.2, 0) is 21.1 Å². The van der Waals surface area contributed by atoms with E-state index < -0.39 is 49.1 Å². The number of aliphatic hydroxyl groups is 2. The number of nitrogens with zero attached hydrogens (tertiary/aromatic N) is 1. The maximum Gasteiger partial charge on any atom is 0.330 e. The fourth-order valence-corrected chi connectivity index (χ4v) is 2.40. The summed E-state index contributed by atoms with van der Waals surface area (Å²) in [6.45, 7) is -5.03. The predicted octanol–water partition coefficient (Wildman–Crippen LogP) is -3.88. The summed E-state index contributed by atoms with van der Waals surface area (Å²) in [5, 5.41) is 19.6. The molecule has 0 amide bonds. The molecule has 0 aromatic carbocycles. The summed E-state index contributed by atoms with van der Waals surface area (Å²) in [6.07, 6.45) is -4.42. The van der Waals surface area contributed by atoms with E-state index >= 15 is 0 Å². The van der Waals surface area contributed by atoms with E-state index in [2.05, 4.69) is 16.3 Å². The number of aliphatic hydroxyl groups excluding tert-OH is 2. The van der Waals surface area contributed by atoms with Crippen LogP contribution in [0.25, 0.3) is 0 Å². The van der Waals surface area contributed by atoms with Crippen molar-refractivity contribution in [3.63, 3.8) is 0 Å². The first-order valence-corrected chi connectivity index (χ1v) is 8.24. The third kappa shape index (κ3) is 3.84. The standard InChI is InChI=1S/C9H13N2O8PS/c12-5-1-2-11(9(15)10-5)8-7(14)6(13)4(19-8)3-18-20(16,17)21/h1-2,4,6-8,13-14H,3H2,(H,10,12,15)(H2,16,17,21)/p-2/t4-,6+,7?,8-/m1/s1. The zero-order chi connectivity index (χ0) is 15.8. The molecule has 0 bridgehead atoms. The minimum Gasteiger partial charge on any atom is -0.812 e. The summed E-state index contributed by atoms with van der Waals surface area (Å²) >= 11 is 4.03. The van der Waals surface area contributed by atoms with Crippen molar-refractivity contribution in [1.82, 2.24) is 9.55 Å². The van der Waals surface area contributed by atoms with E-state index in [0.29, 0.717) is 0 Å². The molecule has 0 radical (unpaired) electrons. The Hall–Kier alpha value is -0.910. The molecule has 0 aliphatic carbocycles. The molecule has 10 nitrogen and oxygen atoms in total. The van der Waals surface area contributed by atoms with Crippen molar-refractivity contribution in [2.45, 2.75) is 24.5 Å². The Kier molecular flexibility index (Phi) is 4.76. The third-order valence-electron chi connectivity index (χ3n) is 2.86. The summed E-state index contributed by atoms with van der Waals surface area (Å²) in [5.41, 5.74) is -1.49. The Morgan fingerprint density at radius 1 is 1.43 bits per heavy atom. The number of ether oxygens (including phenoxy) is 1. The molecule has 0 saturated carbocycles. The van der Waals surface area contributed by atoms with Crippen LogP contribution in [0.3, 0.4) is 0 Å². The highest BCUT2D eigenvalue weighted by atomic mass is 32.5. The van der Waals surface area contributed by atoms with Crippen LogP contribution in [0.15, 0.2) is 21.9 Å². The molecule has 1 unspecified atom stereocenters. The van der Waals surface area contributed by atoms with E-state index in [4.69, 9.17) is 4.74 Å². The smallest absolute Gasteiger partial charge is 0.330 e. The van der Waals surface area contributed by atoms with Crippen LogP contribution in [0, 0.1) is 0 Å². The summed E-state index contributed by atoms with van der Waals surface area (Å²) in [4.78, 5) is 46.0. The molecule has 1 aromatic rings. The molecule has 1 aliphatic heterocycles. The minimum atomic E-state index is -4.43. The van der Waals surface area contributed by atoms with Gasteiger partial charge in [0.2, 0.25) is 0 Å². The van der Waals surface area contributed by atoms with Crippen LogP contribution in [0.4, 0.5) is 0 Å². The average molecular weight is 338 g/mol. The molecule has 0 spiro atoms. The first-order valence-electron chi connectivity index (χ1n) is 5.69. The molecule has 2 heterocycles. The van der Waals surface area contributed by atoms with Gasteiger partial charge < -0.3 is 29.3 Å². The highest BCUT2D eigenvalue weighted by Gasteiger charge is 2.44. The van der Waals surface area contributed by atoms with E-state index in [9.17, 15) is 29.6 Å². The van der Waals surface area contributed by atoms with Gasteiger partial charge in [0.15, 0.2) is 6.23 Å². The highest BCUT2D eigenvalue weighted by Crippen LogP contribution is 2.32. The highest BCUT2D eigenvalue weighted by molar-refractivity contribution is 8.05. The zero-order valence-electron chi connectivity index (χ0n) is 10.3. The fraction of sp³-hybridized carbons (Fsp3) is 0.556. The van der Waals surface area contributed by atoms with Crippen molar-refractivity contribution in [1.29, 1.82) is 0 Å². The first kappa shape index (κ1) is 16.5. The van der Waals surface area contributed by atoms with Crippen molar-refractivity contribution < 1.29 is 29.3 Å². The van der Waals surface area contributed by atoms with Crippen molar-refractivity contribution in [2.24, 2.45) is 0 Å². The molecule has 1 aromatic heterocycles. The molecule has 1 aliphatic rings. The molecule has 1 saturated heterocycles. The molecular weight excluding hydrogens is 327 g/mol. The fourth-order valence-electron chi connectivity index (χ4n) is 1.89. The summed E-state index contributed by atoms with van der Waals surface area (Å²) < 4.78 is 10.4. The number of rotatable bonds is 4. The van der Waals surface area contributed by atoms with Crippen molar-refractivity contribution in [3.8, 4) is 0 Å². The van der Waals surface area contributed by atoms with Gasteiger partial charge in [0.1, 0.15) is 18.3 Å². The van der Waals surface area contributed by atoms with E-state index in [1.807, 2.05) is 4.98 Å². The Morgan fingerprint density at radius 2 is 2.10 bits per heavy atom. The zero-order valence-corrected chi connectivity index (χ0v) is 12.0. The van der Waals surface area contributed by atoms with Crippen molar-refractivity contribution >= 4 is 18.5 Å². The maximum absolute atomic E-state index is 11.6. The van der Waals surface area contributed by atoms with Crippen LogP contribution < -0.4 is 21.0 Å². The van der Waals surface area contributed by atoms with E-state index in [0.717, 1.165) is 16.8 Å². The van der Waals surface area contributed by atoms with Crippen LogP contribution >= 0.6 is 6.72 Å². The monoisotopic (exact) mass is 338 g/mol. The van der Waals surface area contributed by atoms with Crippen LogP contribution in [-0.4, -0.2) is 44.7 Å². The quantitative estimate of drug-likeness (QED) is 0.466. The molecule has 118 valence electrons. The Bertz CT molecular complexity index is 668. The van der Waals surface area contributed by atoms with Gasteiger partial charge >= 0.3 is 5.69 Å². The third-order valence-corrected chi connectivity index (χ3v) is 3.64. The molecule has 12 heteroatoms. The van der Waals surface area contributed by atoms with Crippen LogP contribution in [0.5, 0.6) is 0 Å². The number of aromatic amines is 1. The lowest BCUT2D eigenvalue weighted by atomic mass is 10.1. The largest absolute Gasteiger partial charge is 0.812 e.